The zero-order chi connectivity index (χ0) is 19.9. The number of carbonyl (C=O) groups excluding carboxylic acids is 1. The fourth-order valence-electron chi connectivity index (χ4n) is 2.98. The van der Waals surface area contributed by atoms with E-state index < -0.39 is 22.5 Å². The number of hydrogen-bond acceptors (Lipinski definition) is 5. The van der Waals surface area contributed by atoms with Crippen LogP contribution in [0.3, 0.4) is 0 Å². The second-order valence-electron chi connectivity index (χ2n) is 6.49. The van der Waals surface area contributed by atoms with Crippen LogP contribution in [0.4, 0.5) is 0 Å². The van der Waals surface area contributed by atoms with Crippen molar-refractivity contribution in [2.75, 3.05) is 39.9 Å². The molecule has 0 aromatic heterocycles. The summed E-state index contributed by atoms with van der Waals surface area (Å²) in [5, 5.41) is 8.94. The standard InChI is InChI=1S/C18H26N2O6S/c1-26-12-11-19(14-18(22)23)17(21)13-15-5-7-16(8-6-15)27(24,25)20-9-3-2-4-10-20/h5-8H,2-4,9-14H2,1H3,(H,22,23). The highest BCUT2D eigenvalue weighted by Crippen LogP contribution is 2.21. The predicted molar refractivity (Wildman–Crippen MR) is 98.8 cm³/mol. The van der Waals surface area contributed by atoms with Gasteiger partial charge in [0, 0.05) is 26.7 Å². The Kier molecular flexibility index (Phi) is 7.76. The van der Waals surface area contributed by atoms with Crippen LogP contribution in [0.5, 0.6) is 0 Å². The largest absolute Gasteiger partial charge is 0.480 e. The van der Waals surface area contributed by atoms with Crippen LogP contribution in [0.1, 0.15) is 24.8 Å². The molecule has 1 aliphatic heterocycles. The molecule has 1 fully saturated rings. The van der Waals surface area contributed by atoms with Crippen molar-refractivity contribution < 1.29 is 27.9 Å². The number of nitrogens with zero attached hydrogens (tertiary/aromatic N) is 2. The first-order chi connectivity index (χ1) is 12.8. The number of benzene rings is 1. The minimum absolute atomic E-state index is 0.00103. The van der Waals surface area contributed by atoms with Crippen LogP contribution in [0, 0.1) is 0 Å². The highest BCUT2D eigenvalue weighted by atomic mass is 32.2. The molecule has 0 bridgehead atoms. The van der Waals surface area contributed by atoms with Gasteiger partial charge in [-0.3, -0.25) is 9.59 Å². The lowest BCUT2D eigenvalue weighted by Gasteiger charge is -2.26. The topological polar surface area (TPSA) is 104 Å². The smallest absolute Gasteiger partial charge is 0.323 e. The minimum atomic E-state index is -3.51. The molecule has 0 spiro atoms. The zero-order valence-corrected chi connectivity index (χ0v) is 16.3. The summed E-state index contributed by atoms with van der Waals surface area (Å²) < 4.78 is 31.7. The van der Waals surface area contributed by atoms with E-state index in [4.69, 9.17) is 9.84 Å². The van der Waals surface area contributed by atoms with Gasteiger partial charge >= 0.3 is 5.97 Å². The first-order valence-corrected chi connectivity index (χ1v) is 10.4. The molecule has 1 heterocycles. The fourth-order valence-corrected chi connectivity index (χ4v) is 4.49. The summed E-state index contributed by atoms with van der Waals surface area (Å²) in [5.41, 5.74) is 0.630. The van der Waals surface area contributed by atoms with Crippen LogP contribution in [0.2, 0.25) is 0 Å². The molecule has 1 N–H and O–H groups in total. The second-order valence-corrected chi connectivity index (χ2v) is 8.43. The molecule has 1 saturated heterocycles. The van der Waals surface area contributed by atoms with Gasteiger partial charge in [-0.2, -0.15) is 4.31 Å². The number of piperidine rings is 1. The number of amides is 1. The normalized spacial score (nSPS) is 15.4. The average Bonchev–Trinajstić information content (AvgIpc) is 2.66. The number of hydrogen-bond donors (Lipinski definition) is 1. The molecule has 0 unspecified atom stereocenters. The van der Waals surface area contributed by atoms with Gasteiger partial charge in [0.05, 0.1) is 17.9 Å². The van der Waals surface area contributed by atoms with E-state index in [-0.39, 0.29) is 30.4 Å². The number of carbonyl (C=O) groups is 2. The zero-order valence-electron chi connectivity index (χ0n) is 15.5. The molecule has 8 nitrogen and oxygen atoms in total. The number of ether oxygens (including phenoxy) is 1. The van der Waals surface area contributed by atoms with Gasteiger partial charge in [-0.15, -0.1) is 0 Å². The van der Waals surface area contributed by atoms with Crippen molar-refractivity contribution >= 4 is 21.9 Å². The predicted octanol–water partition coefficient (Wildman–Crippen LogP) is 0.963. The third-order valence-electron chi connectivity index (χ3n) is 4.48. The van der Waals surface area contributed by atoms with Crippen LogP contribution in [-0.2, 0) is 30.8 Å². The summed E-state index contributed by atoms with van der Waals surface area (Å²) >= 11 is 0. The molecule has 1 amide bonds. The molecular weight excluding hydrogens is 372 g/mol. The van der Waals surface area contributed by atoms with Crippen LogP contribution in [0.25, 0.3) is 0 Å². The Balaban J connectivity index is 2.05. The molecule has 27 heavy (non-hydrogen) atoms. The molecule has 2 rings (SSSR count). The minimum Gasteiger partial charge on any atom is -0.480 e. The highest BCUT2D eigenvalue weighted by Gasteiger charge is 2.26. The van der Waals surface area contributed by atoms with E-state index in [2.05, 4.69) is 0 Å². The maximum absolute atomic E-state index is 12.6. The molecule has 1 aliphatic rings. The van der Waals surface area contributed by atoms with Gasteiger partial charge in [-0.25, -0.2) is 8.42 Å². The monoisotopic (exact) mass is 398 g/mol. The van der Waals surface area contributed by atoms with Gasteiger partial charge in [-0.05, 0) is 30.5 Å². The summed E-state index contributed by atoms with van der Waals surface area (Å²) in [4.78, 5) is 24.7. The van der Waals surface area contributed by atoms with Gasteiger partial charge in [0.1, 0.15) is 6.54 Å². The molecule has 150 valence electrons. The maximum Gasteiger partial charge on any atom is 0.323 e. The van der Waals surface area contributed by atoms with Crippen molar-refractivity contribution in [3.8, 4) is 0 Å². The molecular formula is C18H26N2O6S. The van der Waals surface area contributed by atoms with E-state index in [9.17, 15) is 18.0 Å². The lowest BCUT2D eigenvalue weighted by Crippen LogP contribution is -2.38. The summed E-state index contributed by atoms with van der Waals surface area (Å²) in [6, 6.07) is 6.21. The van der Waals surface area contributed by atoms with E-state index in [1.807, 2.05) is 0 Å². The van der Waals surface area contributed by atoms with E-state index in [1.54, 1.807) is 12.1 Å². The third kappa shape index (κ3) is 6.02. The summed E-state index contributed by atoms with van der Waals surface area (Å²) in [6.07, 6.45) is 2.78. The van der Waals surface area contributed by atoms with Crippen molar-refractivity contribution in [2.24, 2.45) is 0 Å². The number of rotatable bonds is 9. The number of carboxylic acids is 1. The molecule has 0 radical (unpaired) electrons. The van der Waals surface area contributed by atoms with Gasteiger partial charge < -0.3 is 14.7 Å². The first-order valence-electron chi connectivity index (χ1n) is 8.92. The number of aliphatic carboxylic acids is 1. The molecule has 9 heteroatoms. The highest BCUT2D eigenvalue weighted by molar-refractivity contribution is 7.89. The first kappa shape index (κ1) is 21.3. The second kappa shape index (κ2) is 9.82. The van der Waals surface area contributed by atoms with Crippen LogP contribution >= 0.6 is 0 Å². The fraction of sp³-hybridized carbons (Fsp3) is 0.556. The lowest BCUT2D eigenvalue weighted by atomic mass is 10.1. The summed E-state index contributed by atoms with van der Waals surface area (Å²) in [5.74, 6) is -1.44. The third-order valence-corrected chi connectivity index (χ3v) is 6.39. The van der Waals surface area contributed by atoms with E-state index in [0.717, 1.165) is 19.3 Å². The molecule has 0 aliphatic carbocycles. The van der Waals surface area contributed by atoms with Crippen molar-refractivity contribution in [3.63, 3.8) is 0 Å². The summed E-state index contributed by atoms with van der Waals surface area (Å²) in [6.45, 7) is 1.09. The van der Waals surface area contributed by atoms with E-state index in [0.29, 0.717) is 18.7 Å². The Morgan fingerprint density at radius 1 is 1.15 bits per heavy atom. The Labute approximate surface area is 159 Å². The number of carboxylic acid groups (broad SMARTS) is 1. The Morgan fingerprint density at radius 3 is 2.33 bits per heavy atom. The lowest BCUT2D eigenvalue weighted by molar-refractivity contribution is -0.144. The number of methoxy groups -OCH3 is 1. The van der Waals surface area contributed by atoms with Crippen LogP contribution in [-0.4, -0.2) is 74.5 Å². The van der Waals surface area contributed by atoms with Gasteiger partial charge in [0.15, 0.2) is 0 Å². The maximum atomic E-state index is 12.6. The average molecular weight is 398 g/mol. The SMILES string of the molecule is COCCN(CC(=O)O)C(=O)Cc1ccc(S(=O)(=O)N2CCCCC2)cc1. The Morgan fingerprint density at radius 2 is 1.78 bits per heavy atom. The molecule has 1 aromatic carbocycles. The van der Waals surface area contributed by atoms with Crippen molar-refractivity contribution in [1.82, 2.24) is 9.21 Å². The van der Waals surface area contributed by atoms with E-state index in [1.165, 1.54) is 28.4 Å². The van der Waals surface area contributed by atoms with Gasteiger partial charge in [-0.1, -0.05) is 18.6 Å². The van der Waals surface area contributed by atoms with Crippen LogP contribution < -0.4 is 0 Å². The van der Waals surface area contributed by atoms with Crippen molar-refractivity contribution in [2.45, 2.75) is 30.6 Å². The van der Waals surface area contributed by atoms with E-state index >= 15 is 0 Å². The molecule has 1 aromatic rings. The number of sulfonamides is 1. The Bertz CT molecular complexity index is 742. The molecule has 0 saturated carbocycles. The Hall–Kier alpha value is -1.97. The van der Waals surface area contributed by atoms with Gasteiger partial charge in [0.25, 0.3) is 0 Å². The summed E-state index contributed by atoms with van der Waals surface area (Å²) in [7, 11) is -2.03. The van der Waals surface area contributed by atoms with Crippen molar-refractivity contribution in [1.29, 1.82) is 0 Å². The van der Waals surface area contributed by atoms with Crippen LogP contribution in [0.15, 0.2) is 29.2 Å². The van der Waals surface area contributed by atoms with Gasteiger partial charge in [0.2, 0.25) is 15.9 Å². The van der Waals surface area contributed by atoms with Crippen molar-refractivity contribution in [3.05, 3.63) is 29.8 Å². The molecule has 0 atom stereocenters. The quantitative estimate of drug-likeness (QED) is 0.665.